The molecule has 21 heavy (non-hydrogen) atoms. The maximum atomic E-state index is 14.0. The van der Waals surface area contributed by atoms with Crippen molar-refractivity contribution in [2.75, 3.05) is 0 Å². The van der Waals surface area contributed by atoms with Crippen molar-refractivity contribution in [2.45, 2.75) is 24.1 Å². The number of oxazole rings is 1. The second kappa shape index (κ2) is 5.65. The summed E-state index contributed by atoms with van der Waals surface area (Å²) in [7, 11) is 0. The molecule has 0 spiro atoms. The number of rotatable bonds is 3. The Labute approximate surface area is 125 Å². The molecular weight excluding hydrogens is 289 g/mol. The Kier molecular flexibility index (Phi) is 3.70. The van der Waals surface area contributed by atoms with Gasteiger partial charge in [0.2, 0.25) is 0 Å². The van der Waals surface area contributed by atoms with Crippen molar-refractivity contribution in [1.82, 2.24) is 15.0 Å². The zero-order chi connectivity index (χ0) is 14.8. The van der Waals surface area contributed by atoms with E-state index in [1.807, 2.05) is 30.3 Å². The van der Waals surface area contributed by atoms with Gasteiger partial charge in [-0.05, 0) is 25.6 Å². The van der Waals surface area contributed by atoms with Crippen LogP contribution in [0.15, 0.2) is 51.2 Å². The summed E-state index contributed by atoms with van der Waals surface area (Å²) in [6.07, 6.45) is 1.62. The Morgan fingerprint density at radius 3 is 2.62 bits per heavy atom. The second-order valence-corrected chi connectivity index (χ2v) is 5.37. The van der Waals surface area contributed by atoms with Crippen LogP contribution in [0.25, 0.3) is 11.3 Å². The SMILES string of the molecule is Cc1nc(C)c(F)c(Sc2ncc(-c3ccccc3)o2)n1. The Hall–Kier alpha value is -2.21. The molecule has 2 aromatic heterocycles. The smallest absolute Gasteiger partial charge is 0.262 e. The molecule has 3 rings (SSSR count). The van der Waals surface area contributed by atoms with E-state index < -0.39 is 5.82 Å². The highest BCUT2D eigenvalue weighted by molar-refractivity contribution is 7.99. The Bertz CT molecular complexity index is 774. The monoisotopic (exact) mass is 301 g/mol. The predicted octanol–water partition coefficient (Wildman–Crippen LogP) is 4.04. The van der Waals surface area contributed by atoms with E-state index in [4.69, 9.17) is 4.42 Å². The van der Waals surface area contributed by atoms with Gasteiger partial charge in [-0.25, -0.2) is 19.3 Å². The lowest BCUT2D eigenvalue weighted by Crippen LogP contribution is -1.98. The first-order valence-electron chi connectivity index (χ1n) is 6.33. The summed E-state index contributed by atoms with van der Waals surface area (Å²) >= 11 is 1.05. The molecule has 0 aliphatic rings. The number of halogens is 1. The minimum atomic E-state index is -0.440. The lowest BCUT2D eigenvalue weighted by Gasteiger charge is -2.02. The van der Waals surface area contributed by atoms with Gasteiger partial charge < -0.3 is 4.42 Å². The fraction of sp³-hybridized carbons (Fsp3) is 0.133. The van der Waals surface area contributed by atoms with Crippen molar-refractivity contribution in [1.29, 1.82) is 0 Å². The summed E-state index contributed by atoms with van der Waals surface area (Å²) in [5, 5.41) is 0.576. The standard InChI is InChI=1S/C15H12FN3OS/c1-9-13(16)14(19-10(2)18-9)21-15-17-8-12(20-15)11-6-4-3-5-7-11/h3-8H,1-2H3. The number of hydrogen-bond donors (Lipinski definition) is 0. The van der Waals surface area contributed by atoms with Crippen molar-refractivity contribution in [3.63, 3.8) is 0 Å². The average Bonchev–Trinajstić information content (AvgIpc) is 2.94. The highest BCUT2D eigenvalue weighted by Gasteiger charge is 2.15. The average molecular weight is 301 g/mol. The van der Waals surface area contributed by atoms with Crippen molar-refractivity contribution in [2.24, 2.45) is 0 Å². The Morgan fingerprint density at radius 1 is 1.10 bits per heavy atom. The molecule has 0 radical (unpaired) electrons. The van der Waals surface area contributed by atoms with Gasteiger partial charge >= 0.3 is 0 Å². The van der Waals surface area contributed by atoms with Gasteiger partial charge in [0, 0.05) is 5.56 Å². The maximum Gasteiger partial charge on any atom is 0.262 e. The molecule has 0 aliphatic carbocycles. The largest absolute Gasteiger partial charge is 0.431 e. The van der Waals surface area contributed by atoms with Crippen LogP contribution in [0.4, 0.5) is 4.39 Å². The number of benzene rings is 1. The molecule has 0 bridgehead atoms. The van der Waals surface area contributed by atoms with Crippen molar-refractivity contribution in [3.8, 4) is 11.3 Å². The van der Waals surface area contributed by atoms with Crippen molar-refractivity contribution in [3.05, 3.63) is 53.9 Å². The third-order valence-corrected chi connectivity index (χ3v) is 3.65. The minimum absolute atomic E-state index is 0.224. The molecule has 2 heterocycles. The normalized spacial score (nSPS) is 10.8. The zero-order valence-electron chi connectivity index (χ0n) is 11.5. The fourth-order valence-corrected chi connectivity index (χ4v) is 2.68. The van der Waals surface area contributed by atoms with E-state index in [2.05, 4.69) is 15.0 Å². The van der Waals surface area contributed by atoms with Crippen molar-refractivity contribution < 1.29 is 8.81 Å². The van der Waals surface area contributed by atoms with Crippen molar-refractivity contribution >= 4 is 11.8 Å². The molecule has 0 aliphatic heterocycles. The van der Waals surface area contributed by atoms with Crippen LogP contribution < -0.4 is 0 Å². The topological polar surface area (TPSA) is 51.8 Å². The minimum Gasteiger partial charge on any atom is -0.431 e. The predicted molar refractivity (Wildman–Crippen MR) is 77.5 cm³/mol. The summed E-state index contributed by atoms with van der Waals surface area (Å²) in [5.74, 6) is 0.720. The van der Waals surface area contributed by atoms with Crippen LogP contribution in [0.3, 0.4) is 0 Å². The molecule has 0 saturated heterocycles. The molecule has 3 aromatic rings. The zero-order valence-corrected chi connectivity index (χ0v) is 12.3. The fourth-order valence-electron chi connectivity index (χ4n) is 1.86. The van der Waals surface area contributed by atoms with E-state index in [1.165, 1.54) is 0 Å². The summed E-state index contributed by atoms with van der Waals surface area (Å²) in [6, 6.07) is 9.61. The van der Waals surface area contributed by atoms with E-state index in [-0.39, 0.29) is 5.03 Å². The van der Waals surface area contributed by atoms with Gasteiger partial charge in [-0.15, -0.1) is 0 Å². The molecule has 0 unspecified atom stereocenters. The molecule has 4 nitrogen and oxygen atoms in total. The molecule has 6 heteroatoms. The van der Waals surface area contributed by atoms with Gasteiger partial charge in [-0.3, -0.25) is 0 Å². The van der Waals surface area contributed by atoms with Gasteiger partial charge in [-0.2, -0.15) is 0 Å². The van der Waals surface area contributed by atoms with Crippen LogP contribution >= 0.6 is 11.8 Å². The van der Waals surface area contributed by atoms with E-state index in [9.17, 15) is 4.39 Å². The molecule has 0 atom stereocenters. The third kappa shape index (κ3) is 2.95. The van der Waals surface area contributed by atoms with Crippen LogP contribution in [0.5, 0.6) is 0 Å². The number of hydrogen-bond acceptors (Lipinski definition) is 5. The summed E-state index contributed by atoms with van der Waals surface area (Å²) in [5.41, 5.74) is 1.24. The van der Waals surface area contributed by atoms with Gasteiger partial charge in [0.25, 0.3) is 5.22 Å². The van der Waals surface area contributed by atoms with E-state index in [1.54, 1.807) is 20.0 Å². The lowest BCUT2D eigenvalue weighted by molar-refractivity contribution is 0.464. The quantitative estimate of drug-likeness (QED) is 0.683. The first-order chi connectivity index (χ1) is 10.1. The van der Waals surface area contributed by atoms with Crippen LogP contribution in [-0.2, 0) is 0 Å². The van der Waals surface area contributed by atoms with Gasteiger partial charge in [0.15, 0.2) is 11.6 Å². The molecule has 0 amide bonds. The first-order valence-corrected chi connectivity index (χ1v) is 7.15. The second-order valence-electron chi connectivity index (χ2n) is 4.43. The number of aryl methyl sites for hydroxylation is 2. The molecule has 106 valence electrons. The van der Waals surface area contributed by atoms with Crippen LogP contribution in [0, 0.1) is 19.7 Å². The molecule has 1 aromatic carbocycles. The molecule has 0 fully saturated rings. The lowest BCUT2D eigenvalue weighted by atomic mass is 10.2. The molecule has 0 N–H and O–H groups in total. The molecular formula is C15H12FN3OS. The number of aromatic nitrogens is 3. The molecule has 0 saturated carbocycles. The van der Waals surface area contributed by atoms with E-state index in [0.717, 1.165) is 17.3 Å². The van der Waals surface area contributed by atoms with Crippen LogP contribution in [0.1, 0.15) is 11.5 Å². The first kappa shape index (κ1) is 13.8. The maximum absolute atomic E-state index is 14.0. The Balaban J connectivity index is 1.89. The van der Waals surface area contributed by atoms with Crippen LogP contribution in [0.2, 0.25) is 0 Å². The van der Waals surface area contributed by atoms with Crippen LogP contribution in [-0.4, -0.2) is 15.0 Å². The van der Waals surface area contributed by atoms with Gasteiger partial charge in [0.05, 0.1) is 11.9 Å². The summed E-state index contributed by atoms with van der Waals surface area (Å²) < 4.78 is 19.6. The third-order valence-electron chi connectivity index (χ3n) is 2.83. The number of nitrogens with zero attached hydrogens (tertiary/aromatic N) is 3. The van der Waals surface area contributed by atoms with E-state index >= 15 is 0 Å². The van der Waals surface area contributed by atoms with Gasteiger partial charge in [-0.1, -0.05) is 30.3 Å². The van der Waals surface area contributed by atoms with E-state index in [0.29, 0.717) is 22.5 Å². The highest BCUT2D eigenvalue weighted by Crippen LogP contribution is 2.31. The summed E-state index contributed by atoms with van der Waals surface area (Å²) in [4.78, 5) is 12.2. The Morgan fingerprint density at radius 2 is 1.86 bits per heavy atom. The van der Waals surface area contributed by atoms with Gasteiger partial charge in [0.1, 0.15) is 10.9 Å². The summed E-state index contributed by atoms with van der Waals surface area (Å²) in [6.45, 7) is 3.33. The highest BCUT2D eigenvalue weighted by atomic mass is 32.2.